The minimum absolute atomic E-state index is 0.941. The van der Waals surface area contributed by atoms with Crippen molar-refractivity contribution in [2.24, 2.45) is 4.99 Å². The van der Waals surface area contributed by atoms with Crippen LogP contribution in [0.4, 0.5) is 13.2 Å². The van der Waals surface area contributed by atoms with Gasteiger partial charge in [-0.2, -0.15) is 13.2 Å². The van der Waals surface area contributed by atoms with Gasteiger partial charge in [-0.3, -0.25) is 4.48 Å². The van der Waals surface area contributed by atoms with Gasteiger partial charge in [-0.05, 0) is 13.3 Å². The maximum absolute atomic E-state index is 10.7. The number of alkyl halides is 3. The second-order valence-electron chi connectivity index (χ2n) is 3.61. The van der Waals surface area contributed by atoms with Gasteiger partial charge in [-0.1, -0.05) is 6.92 Å². The lowest BCUT2D eigenvalue weighted by Crippen LogP contribution is -2.39. The summed E-state index contributed by atoms with van der Waals surface area (Å²) in [4.78, 5) is 4.09. The van der Waals surface area contributed by atoms with E-state index in [1.807, 2.05) is 12.5 Å². The number of hydrogen-bond acceptors (Lipinski definition) is 4. The van der Waals surface area contributed by atoms with Crippen molar-refractivity contribution >= 4 is 16.5 Å². The fourth-order valence-corrected chi connectivity index (χ4v) is 1.27. The second-order valence-corrected chi connectivity index (χ2v) is 4.98. The minimum Gasteiger partial charge on any atom is -0.741 e. The highest BCUT2D eigenvalue weighted by molar-refractivity contribution is 7.86. The van der Waals surface area contributed by atoms with Crippen LogP contribution >= 0.6 is 0 Å². The molecule has 0 spiro atoms. The first-order valence-electron chi connectivity index (χ1n) is 5.18. The average molecular weight is 288 g/mol. The van der Waals surface area contributed by atoms with Crippen molar-refractivity contribution in [3.63, 3.8) is 0 Å². The average Bonchev–Trinajstić information content (AvgIpc) is 2.65. The molecular weight excluding hydrogens is 273 g/mol. The third-order valence-corrected chi connectivity index (χ3v) is 2.83. The maximum Gasteiger partial charge on any atom is 0.485 e. The summed E-state index contributed by atoms with van der Waals surface area (Å²) >= 11 is 0. The van der Waals surface area contributed by atoms with Gasteiger partial charge in [-0.15, -0.1) is 0 Å². The van der Waals surface area contributed by atoms with Crippen LogP contribution in [0.2, 0.25) is 0 Å². The Bertz CT molecular complexity index is 403. The van der Waals surface area contributed by atoms with E-state index >= 15 is 0 Å². The summed E-state index contributed by atoms with van der Waals surface area (Å²) in [6.07, 6.45) is 7.27. The van der Waals surface area contributed by atoms with Crippen molar-refractivity contribution in [2.75, 3.05) is 13.1 Å². The van der Waals surface area contributed by atoms with Crippen molar-refractivity contribution in [2.45, 2.75) is 25.8 Å². The molecule has 0 saturated heterocycles. The maximum atomic E-state index is 10.7. The van der Waals surface area contributed by atoms with E-state index in [4.69, 9.17) is 13.0 Å². The number of rotatable bonds is 3. The third kappa shape index (κ3) is 5.15. The Morgan fingerprint density at radius 2 is 1.83 bits per heavy atom. The quantitative estimate of drug-likeness (QED) is 0.451. The van der Waals surface area contributed by atoms with Crippen LogP contribution in [0.5, 0.6) is 0 Å². The molecule has 1 atom stereocenters. The van der Waals surface area contributed by atoms with Gasteiger partial charge in [0.05, 0.1) is 19.3 Å². The lowest BCUT2D eigenvalue weighted by atomic mass is 10.3. The molecule has 106 valence electrons. The molecule has 1 heterocycles. The molecule has 5 nitrogen and oxygen atoms in total. The molecule has 0 bridgehead atoms. The van der Waals surface area contributed by atoms with Gasteiger partial charge in [0, 0.05) is 0 Å². The van der Waals surface area contributed by atoms with Crippen LogP contribution in [-0.4, -0.2) is 42.4 Å². The summed E-state index contributed by atoms with van der Waals surface area (Å²) < 4.78 is 59.8. The Morgan fingerprint density at radius 3 is 2.06 bits per heavy atom. The van der Waals surface area contributed by atoms with Crippen LogP contribution in [0, 0.1) is 0 Å². The Labute approximate surface area is 104 Å². The Morgan fingerprint density at radius 1 is 1.33 bits per heavy atom. The number of halogens is 3. The molecule has 0 aromatic heterocycles. The first-order chi connectivity index (χ1) is 8.08. The van der Waals surface area contributed by atoms with Crippen molar-refractivity contribution < 1.29 is 30.6 Å². The van der Waals surface area contributed by atoms with Crippen molar-refractivity contribution in [3.05, 3.63) is 12.4 Å². The third-order valence-electron chi connectivity index (χ3n) is 2.26. The fraction of sp³-hybridized carbons (Fsp3) is 0.667. The molecule has 0 amide bonds. The monoisotopic (exact) mass is 288 g/mol. The van der Waals surface area contributed by atoms with Gasteiger partial charge in [0.15, 0.2) is 16.5 Å². The molecule has 18 heavy (non-hydrogen) atoms. The van der Waals surface area contributed by atoms with Gasteiger partial charge in [0.2, 0.25) is 0 Å². The summed E-state index contributed by atoms with van der Waals surface area (Å²) in [6.45, 7) is 6.69. The zero-order valence-electron chi connectivity index (χ0n) is 10.0. The van der Waals surface area contributed by atoms with Gasteiger partial charge < -0.3 is 4.55 Å². The van der Waals surface area contributed by atoms with E-state index in [0.29, 0.717) is 0 Å². The lowest BCUT2D eigenvalue weighted by molar-refractivity contribution is -0.777. The highest BCUT2D eigenvalue weighted by atomic mass is 32.2. The predicted molar refractivity (Wildman–Crippen MR) is 59.3 cm³/mol. The molecule has 1 unspecified atom stereocenters. The van der Waals surface area contributed by atoms with Gasteiger partial charge >= 0.3 is 5.51 Å². The normalized spacial score (nSPS) is 22.8. The largest absolute Gasteiger partial charge is 0.741 e. The first-order valence-corrected chi connectivity index (χ1v) is 6.59. The highest BCUT2D eigenvalue weighted by Gasteiger charge is 2.36. The number of quaternary nitrogens is 1. The smallest absolute Gasteiger partial charge is 0.485 e. The molecule has 0 radical (unpaired) electrons. The molecular formula is C9H15F3N2O3S. The van der Waals surface area contributed by atoms with E-state index in [1.165, 1.54) is 13.0 Å². The number of aliphatic imine (C=N–C) groups is 1. The van der Waals surface area contributed by atoms with Gasteiger partial charge in [0.25, 0.3) is 0 Å². The minimum atomic E-state index is -6.09. The van der Waals surface area contributed by atoms with E-state index in [1.54, 1.807) is 0 Å². The summed E-state index contributed by atoms with van der Waals surface area (Å²) in [6, 6.07) is 0. The molecule has 0 aromatic rings. The van der Waals surface area contributed by atoms with Gasteiger partial charge in [-0.25, -0.2) is 13.4 Å². The summed E-state index contributed by atoms with van der Waals surface area (Å²) in [5.41, 5.74) is -5.65. The van der Waals surface area contributed by atoms with Crippen molar-refractivity contribution in [3.8, 4) is 0 Å². The van der Waals surface area contributed by atoms with Crippen molar-refractivity contribution in [1.29, 1.82) is 0 Å². The molecule has 9 heteroatoms. The van der Waals surface area contributed by atoms with Crippen LogP contribution in [0.3, 0.4) is 0 Å². The second kappa shape index (κ2) is 6.30. The molecule has 1 aliphatic rings. The predicted octanol–water partition coefficient (Wildman–Crippen LogP) is 1.80. The first kappa shape index (κ1) is 17.1. The van der Waals surface area contributed by atoms with Crippen LogP contribution < -0.4 is 0 Å². The Balaban J connectivity index is 0.000000331. The van der Waals surface area contributed by atoms with E-state index in [-0.39, 0.29) is 0 Å². The highest BCUT2D eigenvalue weighted by Crippen LogP contribution is 2.20. The van der Waals surface area contributed by atoms with Crippen molar-refractivity contribution in [1.82, 2.24) is 0 Å². The summed E-state index contributed by atoms with van der Waals surface area (Å²) in [5, 5.41) is 0. The van der Waals surface area contributed by atoms with E-state index in [2.05, 4.69) is 25.0 Å². The molecule has 0 aliphatic carbocycles. The fourth-order valence-electron chi connectivity index (χ4n) is 1.27. The number of hydrogen-bond donors (Lipinski definition) is 0. The Hall–Kier alpha value is -0.930. The van der Waals surface area contributed by atoms with E-state index in [9.17, 15) is 13.2 Å². The molecule has 1 rings (SSSR count). The standard InChI is InChI=1S/C8H15N2.CHF3O3S/c1-3-6-10(4-2)7-5-9-8-10;2-1(3,4)8(5,6)7/h5,7-8H,3-4,6H2,1-2H3;(H,5,6,7)/q+1;/p-1. The molecule has 0 fully saturated rings. The number of nitrogens with zero attached hydrogens (tertiary/aromatic N) is 2. The molecule has 0 aromatic carbocycles. The zero-order chi connectivity index (χ0) is 14.4. The summed E-state index contributed by atoms with van der Waals surface area (Å²) in [5.74, 6) is 0. The van der Waals surface area contributed by atoms with Crippen LogP contribution in [0.15, 0.2) is 17.4 Å². The zero-order valence-corrected chi connectivity index (χ0v) is 10.8. The van der Waals surface area contributed by atoms with Crippen LogP contribution in [-0.2, 0) is 10.1 Å². The van der Waals surface area contributed by atoms with E-state index < -0.39 is 15.6 Å². The topological polar surface area (TPSA) is 69.6 Å². The summed E-state index contributed by atoms with van der Waals surface area (Å²) in [7, 11) is -6.09. The molecule has 1 aliphatic heterocycles. The molecule has 0 N–H and O–H groups in total. The molecule has 0 saturated carbocycles. The van der Waals surface area contributed by atoms with Gasteiger partial charge in [0.1, 0.15) is 6.20 Å². The van der Waals surface area contributed by atoms with E-state index in [0.717, 1.165) is 11.0 Å². The van der Waals surface area contributed by atoms with Crippen LogP contribution in [0.1, 0.15) is 20.3 Å². The SMILES string of the molecule is CCC[N+]1(CC)C=CN=C1.O=S(=O)([O-])C(F)(F)F. The van der Waals surface area contributed by atoms with Crippen LogP contribution in [0.25, 0.3) is 0 Å². The Kier molecular flexibility index (Phi) is 5.97. The lowest BCUT2D eigenvalue weighted by Gasteiger charge is -2.24.